The maximum Gasteiger partial charge on any atom is 0.148 e. The topological polar surface area (TPSA) is 59.9 Å². The van der Waals surface area contributed by atoms with E-state index in [2.05, 4.69) is 9.97 Å². The lowest BCUT2D eigenvalue weighted by atomic mass is 10.8. The first-order chi connectivity index (χ1) is 6.47. The van der Waals surface area contributed by atoms with Gasteiger partial charge in [0.2, 0.25) is 0 Å². The predicted molar refractivity (Wildman–Crippen MR) is 57.5 cm³/mol. The Morgan fingerprint density at radius 2 is 2.21 bits per heavy atom. The Hall–Kier alpha value is -0.330. The molecule has 0 saturated heterocycles. The molecule has 0 aliphatic heterocycles. The minimum Gasteiger partial charge on any atom is -0.259 e. The lowest BCUT2D eigenvalue weighted by Gasteiger charge is -1.99. The Balaban J connectivity index is 2.47. The molecule has 0 saturated carbocycles. The summed E-state index contributed by atoms with van der Waals surface area (Å²) in [7, 11) is -2.91. The van der Waals surface area contributed by atoms with Crippen LogP contribution in [0.2, 0.25) is 5.15 Å². The van der Waals surface area contributed by atoms with E-state index in [0.717, 1.165) is 0 Å². The van der Waals surface area contributed by atoms with Gasteiger partial charge >= 0.3 is 0 Å². The molecular weight excluding hydrogens is 244 g/mol. The van der Waals surface area contributed by atoms with Crippen molar-refractivity contribution in [2.24, 2.45) is 0 Å². The van der Waals surface area contributed by atoms with Gasteiger partial charge in [-0.25, -0.2) is 13.4 Å². The van der Waals surface area contributed by atoms with E-state index in [1.807, 2.05) is 0 Å². The maximum atomic E-state index is 10.8. The fourth-order valence-electron chi connectivity index (χ4n) is 0.693. The van der Waals surface area contributed by atoms with Gasteiger partial charge in [0, 0.05) is 12.0 Å². The third-order valence-corrected chi connectivity index (χ3v) is 3.57. The third kappa shape index (κ3) is 4.78. The lowest BCUT2D eigenvalue weighted by molar-refractivity contribution is 0.603. The number of hydrogen-bond acceptors (Lipinski definition) is 5. The monoisotopic (exact) mass is 252 g/mol. The molecular formula is C7H9ClN2O2S2. The maximum absolute atomic E-state index is 10.8. The van der Waals surface area contributed by atoms with E-state index in [9.17, 15) is 8.42 Å². The summed E-state index contributed by atoms with van der Waals surface area (Å²) in [5.41, 5.74) is 0. The number of thioether (sulfide) groups is 1. The Labute approximate surface area is 92.0 Å². The molecule has 78 valence electrons. The lowest BCUT2D eigenvalue weighted by Crippen LogP contribution is -2.05. The Kier molecular flexibility index (Phi) is 4.15. The van der Waals surface area contributed by atoms with Crippen LogP contribution in [0.25, 0.3) is 0 Å². The minimum absolute atomic E-state index is 0.131. The van der Waals surface area contributed by atoms with Crippen molar-refractivity contribution in [1.29, 1.82) is 0 Å². The van der Waals surface area contributed by atoms with Crippen LogP contribution < -0.4 is 0 Å². The van der Waals surface area contributed by atoms with Crippen LogP contribution in [-0.4, -0.2) is 36.1 Å². The standard InChI is InChI=1S/C7H9ClN2O2S2/c1-14(11,12)3-2-13-7-5-9-4-6(8)10-7/h4-5H,2-3H2,1H3. The summed E-state index contributed by atoms with van der Waals surface area (Å²) in [6, 6.07) is 0. The van der Waals surface area contributed by atoms with E-state index < -0.39 is 9.84 Å². The summed E-state index contributed by atoms with van der Waals surface area (Å²) < 4.78 is 21.6. The first-order valence-corrected chi connectivity index (χ1v) is 7.18. The number of nitrogens with zero attached hydrogens (tertiary/aromatic N) is 2. The van der Waals surface area contributed by atoms with Crippen molar-refractivity contribution in [2.75, 3.05) is 17.8 Å². The molecule has 1 aromatic heterocycles. The summed E-state index contributed by atoms with van der Waals surface area (Å²) >= 11 is 6.93. The quantitative estimate of drug-likeness (QED) is 0.756. The molecule has 1 rings (SSSR count). The van der Waals surface area contributed by atoms with Crippen LogP contribution in [0.5, 0.6) is 0 Å². The average Bonchev–Trinajstić information content (AvgIpc) is 2.01. The SMILES string of the molecule is CS(=O)(=O)CCSc1cncc(Cl)n1. The van der Waals surface area contributed by atoms with Gasteiger partial charge in [-0.3, -0.25) is 4.98 Å². The largest absolute Gasteiger partial charge is 0.259 e. The predicted octanol–water partition coefficient (Wildman–Crippen LogP) is 1.27. The zero-order valence-corrected chi connectivity index (χ0v) is 9.86. The van der Waals surface area contributed by atoms with Crippen molar-refractivity contribution in [1.82, 2.24) is 9.97 Å². The molecule has 7 heteroatoms. The first kappa shape index (κ1) is 11.7. The van der Waals surface area contributed by atoms with Crippen LogP contribution >= 0.6 is 23.4 Å². The van der Waals surface area contributed by atoms with Gasteiger partial charge in [-0.15, -0.1) is 11.8 Å². The molecule has 0 fully saturated rings. The molecule has 0 aliphatic rings. The van der Waals surface area contributed by atoms with Crippen LogP contribution in [0.1, 0.15) is 0 Å². The van der Waals surface area contributed by atoms with Crippen LogP contribution in [0, 0.1) is 0 Å². The number of rotatable bonds is 4. The van der Waals surface area contributed by atoms with Gasteiger partial charge in [-0.1, -0.05) is 11.6 Å². The van der Waals surface area contributed by atoms with Gasteiger partial charge in [-0.05, 0) is 0 Å². The van der Waals surface area contributed by atoms with Crippen molar-refractivity contribution < 1.29 is 8.42 Å². The number of hydrogen-bond donors (Lipinski definition) is 0. The van der Waals surface area contributed by atoms with Crippen molar-refractivity contribution >= 4 is 33.2 Å². The van der Waals surface area contributed by atoms with E-state index in [0.29, 0.717) is 15.9 Å². The zero-order valence-electron chi connectivity index (χ0n) is 7.47. The molecule has 0 bridgehead atoms. The minimum atomic E-state index is -2.91. The molecule has 0 aromatic carbocycles. The molecule has 1 aromatic rings. The molecule has 0 N–H and O–H groups in total. The number of sulfone groups is 1. The van der Waals surface area contributed by atoms with E-state index in [4.69, 9.17) is 11.6 Å². The fourth-order valence-corrected chi connectivity index (χ4v) is 2.94. The second kappa shape index (κ2) is 4.95. The van der Waals surface area contributed by atoms with E-state index in [1.165, 1.54) is 24.2 Å². The molecule has 14 heavy (non-hydrogen) atoms. The zero-order chi connectivity index (χ0) is 10.6. The number of halogens is 1. The normalized spacial score (nSPS) is 11.6. The molecule has 0 spiro atoms. The highest BCUT2D eigenvalue weighted by molar-refractivity contribution is 8.00. The molecule has 4 nitrogen and oxygen atoms in total. The van der Waals surface area contributed by atoms with Crippen LogP contribution in [0.4, 0.5) is 0 Å². The molecule has 0 unspecified atom stereocenters. The molecule has 0 radical (unpaired) electrons. The van der Waals surface area contributed by atoms with E-state index >= 15 is 0 Å². The fraction of sp³-hybridized carbons (Fsp3) is 0.429. The summed E-state index contributed by atoms with van der Waals surface area (Å²) in [5.74, 6) is 0.597. The summed E-state index contributed by atoms with van der Waals surface area (Å²) in [4.78, 5) is 7.80. The third-order valence-electron chi connectivity index (χ3n) is 1.29. The molecule has 1 heterocycles. The van der Waals surface area contributed by atoms with Gasteiger partial charge in [0.05, 0.1) is 18.1 Å². The van der Waals surface area contributed by atoms with Crippen LogP contribution in [0.15, 0.2) is 17.4 Å². The summed E-state index contributed by atoms with van der Waals surface area (Å²) in [5, 5.41) is 0.954. The van der Waals surface area contributed by atoms with Gasteiger partial charge in [0.25, 0.3) is 0 Å². The van der Waals surface area contributed by atoms with E-state index in [1.54, 1.807) is 6.20 Å². The van der Waals surface area contributed by atoms with Crippen molar-refractivity contribution in [3.8, 4) is 0 Å². The average molecular weight is 253 g/mol. The highest BCUT2D eigenvalue weighted by Crippen LogP contribution is 2.15. The van der Waals surface area contributed by atoms with Crippen molar-refractivity contribution in [3.63, 3.8) is 0 Å². The van der Waals surface area contributed by atoms with Gasteiger partial charge in [-0.2, -0.15) is 0 Å². The van der Waals surface area contributed by atoms with Crippen LogP contribution in [-0.2, 0) is 9.84 Å². The molecule has 0 aliphatic carbocycles. The van der Waals surface area contributed by atoms with Crippen molar-refractivity contribution in [2.45, 2.75) is 5.03 Å². The smallest absolute Gasteiger partial charge is 0.148 e. The van der Waals surface area contributed by atoms with Crippen molar-refractivity contribution in [3.05, 3.63) is 17.5 Å². The van der Waals surface area contributed by atoms with E-state index in [-0.39, 0.29) is 5.75 Å². The van der Waals surface area contributed by atoms with Gasteiger partial charge < -0.3 is 0 Å². The van der Waals surface area contributed by atoms with Gasteiger partial charge in [0.1, 0.15) is 20.0 Å². The Morgan fingerprint density at radius 1 is 1.50 bits per heavy atom. The Morgan fingerprint density at radius 3 is 2.79 bits per heavy atom. The number of aromatic nitrogens is 2. The summed E-state index contributed by atoms with van der Waals surface area (Å²) in [6.07, 6.45) is 4.19. The summed E-state index contributed by atoms with van der Waals surface area (Å²) in [6.45, 7) is 0. The second-order valence-electron chi connectivity index (χ2n) is 2.66. The highest BCUT2D eigenvalue weighted by Gasteiger charge is 2.03. The highest BCUT2D eigenvalue weighted by atomic mass is 35.5. The van der Waals surface area contributed by atoms with Crippen LogP contribution in [0.3, 0.4) is 0 Å². The second-order valence-corrected chi connectivity index (χ2v) is 6.42. The molecule has 0 atom stereocenters. The Bertz CT molecular complexity index is 408. The first-order valence-electron chi connectivity index (χ1n) is 3.75. The van der Waals surface area contributed by atoms with Gasteiger partial charge in [0.15, 0.2) is 0 Å². The molecule has 0 amide bonds.